The summed E-state index contributed by atoms with van der Waals surface area (Å²) in [6, 6.07) is 6.97. The molecule has 1 aliphatic heterocycles. The van der Waals surface area contributed by atoms with E-state index >= 15 is 0 Å². The highest BCUT2D eigenvalue weighted by Crippen LogP contribution is 2.63. The second-order valence-corrected chi connectivity index (χ2v) is 10.7. The van der Waals surface area contributed by atoms with Gasteiger partial charge in [-0.15, -0.1) is 0 Å². The van der Waals surface area contributed by atoms with Crippen LogP contribution >= 0.6 is 0 Å². The number of benzene rings is 1. The molecule has 3 aliphatic carbocycles. The highest BCUT2D eigenvalue weighted by Gasteiger charge is 2.60. The predicted molar refractivity (Wildman–Crippen MR) is 114 cm³/mol. The minimum atomic E-state index is -0.228. The first-order valence-corrected chi connectivity index (χ1v) is 11.5. The Balaban J connectivity index is 1.34. The van der Waals surface area contributed by atoms with Gasteiger partial charge in [0.15, 0.2) is 0 Å². The first-order chi connectivity index (χ1) is 14.4. The Hall–Kier alpha value is -2.17. The number of Topliss-reactive ketones (excluding diaryl/α,β-unsaturated/α-hetero) is 1. The molecule has 0 amide bonds. The van der Waals surface area contributed by atoms with Crippen molar-refractivity contribution in [3.8, 4) is 5.69 Å². The van der Waals surface area contributed by atoms with Gasteiger partial charge in [0.2, 0.25) is 0 Å². The number of carbonyl (C=O) groups excluding carboxylic acids is 1. The van der Waals surface area contributed by atoms with Gasteiger partial charge in [0.05, 0.1) is 11.9 Å². The van der Waals surface area contributed by atoms with E-state index in [1.807, 2.05) is 10.9 Å². The Kier molecular flexibility index (Phi) is 3.83. The van der Waals surface area contributed by atoms with Crippen LogP contribution in [0.25, 0.3) is 5.69 Å². The smallest absolute Gasteiger partial charge is 0.139 e. The molecule has 6 atom stereocenters. The summed E-state index contributed by atoms with van der Waals surface area (Å²) in [5.74, 6) is 3.27. The van der Waals surface area contributed by atoms with E-state index in [1.54, 1.807) is 12.1 Å². The highest BCUT2D eigenvalue weighted by atomic mass is 19.1. The van der Waals surface area contributed by atoms with Crippen molar-refractivity contribution in [1.29, 1.82) is 0 Å². The minimum Gasteiger partial charge on any atom is -0.366 e. The maximum Gasteiger partial charge on any atom is 0.139 e. The molecule has 2 aromatic rings. The molecule has 0 unspecified atom stereocenters. The van der Waals surface area contributed by atoms with E-state index in [0.717, 1.165) is 43.6 Å². The van der Waals surface area contributed by atoms with Gasteiger partial charge in [0.1, 0.15) is 17.4 Å². The van der Waals surface area contributed by atoms with Crippen molar-refractivity contribution in [2.45, 2.75) is 64.8 Å². The van der Waals surface area contributed by atoms with Crippen molar-refractivity contribution < 1.29 is 9.18 Å². The van der Waals surface area contributed by atoms with Gasteiger partial charge in [-0.25, -0.2) is 9.07 Å². The van der Waals surface area contributed by atoms with Gasteiger partial charge in [-0.2, -0.15) is 5.10 Å². The first kappa shape index (κ1) is 18.6. The Morgan fingerprint density at radius 3 is 2.70 bits per heavy atom. The number of nitrogens with zero attached hydrogens (tertiary/aromatic N) is 2. The first-order valence-electron chi connectivity index (χ1n) is 11.5. The van der Waals surface area contributed by atoms with E-state index in [2.05, 4.69) is 24.3 Å². The van der Waals surface area contributed by atoms with Gasteiger partial charge >= 0.3 is 0 Å². The van der Waals surface area contributed by atoms with E-state index in [0.29, 0.717) is 29.6 Å². The van der Waals surface area contributed by atoms with Crippen LogP contribution in [0.4, 0.5) is 10.2 Å². The molecule has 1 N–H and O–H groups in total. The summed E-state index contributed by atoms with van der Waals surface area (Å²) in [5, 5.41) is 8.50. The lowest BCUT2D eigenvalue weighted by molar-refractivity contribution is -0.134. The van der Waals surface area contributed by atoms with E-state index in [4.69, 9.17) is 0 Å². The molecule has 3 fully saturated rings. The molecule has 30 heavy (non-hydrogen) atoms. The van der Waals surface area contributed by atoms with Gasteiger partial charge in [-0.05, 0) is 86.0 Å². The molecule has 2 heterocycles. The molecule has 1 aromatic heterocycles. The van der Waals surface area contributed by atoms with Crippen LogP contribution in [0.15, 0.2) is 30.5 Å². The SMILES string of the molecule is C[C@]12Cc3cnn(-c4ccc(F)cc4)c3N[C@@H]1CC[C@@H]1[C@@H]2CC[C@]2(C)C(=O)CC[C@@H]12. The summed E-state index contributed by atoms with van der Waals surface area (Å²) in [6.07, 6.45) is 9.48. The molecule has 0 radical (unpaired) electrons. The molecule has 6 rings (SSSR count). The van der Waals surface area contributed by atoms with Crippen molar-refractivity contribution >= 4 is 11.6 Å². The van der Waals surface area contributed by atoms with Crippen LogP contribution in [0.2, 0.25) is 0 Å². The van der Waals surface area contributed by atoms with Gasteiger partial charge < -0.3 is 5.32 Å². The van der Waals surface area contributed by atoms with Crippen molar-refractivity contribution in [1.82, 2.24) is 9.78 Å². The molecule has 158 valence electrons. The Morgan fingerprint density at radius 2 is 1.90 bits per heavy atom. The second kappa shape index (κ2) is 6.18. The number of aromatic nitrogens is 2. The van der Waals surface area contributed by atoms with E-state index in [-0.39, 0.29) is 16.6 Å². The standard InChI is InChI=1S/C25H30FN3O/c1-24-12-11-20-18(19(24)8-10-22(24)30)7-9-21-25(20,2)13-15-14-27-29(23(15)28-21)17-5-3-16(26)4-6-17/h3-6,14,18-21,28H,7-13H2,1-2H3/t18-,19-,20-,21+,24-,25+/m0/s1. The molecule has 3 saturated carbocycles. The van der Waals surface area contributed by atoms with Crippen LogP contribution in [0.1, 0.15) is 57.9 Å². The average molecular weight is 408 g/mol. The van der Waals surface area contributed by atoms with E-state index < -0.39 is 0 Å². The van der Waals surface area contributed by atoms with Crippen molar-refractivity contribution in [3.63, 3.8) is 0 Å². The van der Waals surface area contributed by atoms with Crippen LogP contribution in [0.5, 0.6) is 0 Å². The maximum absolute atomic E-state index is 13.4. The van der Waals surface area contributed by atoms with Gasteiger partial charge in [0.25, 0.3) is 0 Å². The summed E-state index contributed by atoms with van der Waals surface area (Å²) in [4.78, 5) is 12.6. The molecule has 4 aliphatic rings. The third-order valence-electron chi connectivity index (χ3n) is 9.38. The fourth-order valence-electron chi connectivity index (χ4n) is 7.74. The fourth-order valence-corrected chi connectivity index (χ4v) is 7.74. The molecule has 0 spiro atoms. The zero-order chi connectivity index (χ0) is 20.7. The zero-order valence-corrected chi connectivity index (χ0v) is 17.8. The normalized spacial score (nSPS) is 39.5. The third-order valence-corrected chi connectivity index (χ3v) is 9.38. The summed E-state index contributed by atoms with van der Waals surface area (Å²) in [5.41, 5.74) is 2.28. The van der Waals surface area contributed by atoms with Gasteiger partial charge in [-0.3, -0.25) is 4.79 Å². The Morgan fingerprint density at radius 1 is 1.10 bits per heavy atom. The molecular weight excluding hydrogens is 377 g/mol. The van der Waals surface area contributed by atoms with Gasteiger partial charge in [-0.1, -0.05) is 13.8 Å². The quantitative estimate of drug-likeness (QED) is 0.710. The van der Waals surface area contributed by atoms with Crippen LogP contribution in [-0.2, 0) is 11.2 Å². The van der Waals surface area contributed by atoms with E-state index in [1.165, 1.54) is 30.5 Å². The van der Waals surface area contributed by atoms with Gasteiger partial charge in [0, 0.05) is 23.4 Å². The number of rotatable bonds is 1. The number of halogens is 1. The van der Waals surface area contributed by atoms with Crippen molar-refractivity contribution in [2.75, 3.05) is 5.32 Å². The lowest BCUT2D eigenvalue weighted by atomic mass is 9.47. The summed E-state index contributed by atoms with van der Waals surface area (Å²) < 4.78 is 15.3. The number of carbonyl (C=O) groups is 1. The molecule has 0 bridgehead atoms. The molecule has 5 heteroatoms. The van der Waals surface area contributed by atoms with Crippen LogP contribution < -0.4 is 5.32 Å². The summed E-state index contributed by atoms with van der Waals surface area (Å²) >= 11 is 0. The Labute approximate surface area is 177 Å². The molecular formula is C25H30FN3O. The minimum absolute atomic E-state index is 0.0644. The van der Waals surface area contributed by atoms with Crippen LogP contribution in [-0.4, -0.2) is 21.6 Å². The largest absolute Gasteiger partial charge is 0.366 e. The lowest BCUT2D eigenvalue weighted by Gasteiger charge is -2.59. The number of hydrogen-bond acceptors (Lipinski definition) is 3. The van der Waals surface area contributed by atoms with E-state index in [9.17, 15) is 9.18 Å². The van der Waals surface area contributed by atoms with Crippen molar-refractivity contribution in [3.05, 3.63) is 41.8 Å². The molecule has 4 nitrogen and oxygen atoms in total. The number of hydrogen-bond donors (Lipinski definition) is 1. The predicted octanol–water partition coefficient (Wildman–Crippen LogP) is 5.16. The molecule has 0 saturated heterocycles. The maximum atomic E-state index is 13.4. The average Bonchev–Trinajstić information content (AvgIpc) is 3.27. The number of ketones is 1. The third kappa shape index (κ3) is 2.38. The lowest BCUT2D eigenvalue weighted by Crippen LogP contribution is -2.58. The van der Waals surface area contributed by atoms with Crippen LogP contribution in [0.3, 0.4) is 0 Å². The van der Waals surface area contributed by atoms with Crippen LogP contribution in [0, 0.1) is 34.4 Å². The second-order valence-electron chi connectivity index (χ2n) is 10.7. The monoisotopic (exact) mass is 407 g/mol. The summed E-state index contributed by atoms with van der Waals surface area (Å²) in [7, 11) is 0. The van der Waals surface area contributed by atoms with Crippen molar-refractivity contribution in [2.24, 2.45) is 28.6 Å². The topological polar surface area (TPSA) is 46.9 Å². The summed E-state index contributed by atoms with van der Waals surface area (Å²) in [6.45, 7) is 4.72. The number of anilines is 1. The molecule has 1 aromatic carbocycles. The Bertz CT molecular complexity index is 1010. The fraction of sp³-hybridized carbons (Fsp3) is 0.600. The number of fused-ring (bicyclic) bond motifs is 6. The number of nitrogens with one attached hydrogen (secondary N) is 1. The zero-order valence-electron chi connectivity index (χ0n) is 17.8. The highest BCUT2D eigenvalue weighted by molar-refractivity contribution is 5.87.